The summed E-state index contributed by atoms with van der Waals surface area (Å²) in [7, 11) is 0. The van der Waals surface area contributed by atoms with Crippen molar-refractivity contribution in [3.05, 3.63) is 35.6 Å². The van der Waals surface area contributed by atoms with Crippen molar-refractivity contribution in [3.63, 3.8) is 0 Å². The van der Waals surface area contributed by atoms with Crippen LogP contribution in [0.3, 0.4) is 0 Å². The van der Waals surface area contributed by atoms with Gasteiger partial charge in [0, 0.05) is 19.1 Å². The molecule has 2 N–H and O–H groups in total. The van der Waals surface area contributed by atoms with Gasteiger partial charge >= 0.3 is 0 Å². The van der Waals surface area contributed by atoms with Crippen LogP contribution in [0, 0.1) is 5.82 Å². The van der Waals surface area contributed by atoms with Gasteiger partial charge in [-0.1, -0.05) is 12.1 Å². The van der Waals surface area contributed by atoms with Gasteiger partial charge in [-0.25, -0.2) is 4.39 Å². The molecular weight excluding hydrogens is 233 g/mol. The van der Waals surface area contributed by atoms with Gasteiger partial charge in [0.2, 0.25) is 0 Å². The van der Waals surface area contributed by atoms with Crippen molar-refractivity contribution >= 4 is 0 Å². The first-order valence-corrected chi connectivity index (χ1v) is 6.33. The van der Waals surface area contributed by atoms with Crippen LogP contribution < -0.4 is 0 Å². The quantitative estimate of drug-likeness (QED) is 0.782. The maximum atomic E-state index is 13.0. The number of aliphatic hydroxyl groups is 2. The van der Waals surface area contributed by atoms with Gasteiger partial charge in [-0.3, -0.25) is 4.90 Å². The zero-order valence-corrected chi connectivity index (χ0v) is 11.0. The van der Waals surface area contributed by atoms with Gasteiger partial charge in [0.1, 0.15) is 5.82 Å². The Morgan fingerprint density at radius 3 is 2.56 bits per heavy atom. The molecule has 0 saturated heterocycles. The highest BCUT2D eigenvalue weighted by Crippen LogP contribution is 2.18. The minimum atomic E-state index is -0.666. The van der Waals surface area contributed by atoms with E-state index < -0.39 is 6.10 Å². The summed E-state index contributed by atoms with van der Waals surface area (Å²) in [5, 5.41) is 18.9. The molecule has 1 aromatic carbocycles. The van der Waals surface area contributed by atoms with Crippen LogP contribution in [0.1, 0.15) is 31.9 Å². The van der Waals surface area contributed by atoms with Crippen molar-refractivity contribution in [1.82, 2.24) is 4.90 Å². The lowest BCUT2D eigenvalue weighted by Gasteiger charge is -2.26. The molecule has 0 aromatic heterocycles. The van der Waals surface area contributed by atoms with E-state index in [4.69, 9.17) is 5.11 Å². The largest absolute Gasteiger partial charge is 0.395 e. The Labute approximate surface area is 108 Å². The zero-order chi connectivity index (χ0) is 13.5. The first-order chi connectivity index (χ1) is 8.54. The average Bonchev–Trinajstić information content (AvgIpc) is 2.33. The molecule has 0 heterocycles. The highest BCUT2D eigenvalue weighted by Gasteiger charge is 2.13. The molecule has 3 nitrogen and oxygen atoms in total. The molecule has 0 aliphatic heterocycles. The second-order valence-electron chi connectivity index (χ2n) is 4.71. The number of nitrogens with zero attached hydrogens (tertiary/aromatic N) is 1. The molecule has 0 spiro atoms. The minimum Gasteiger partial charge on any atom is -0.395 e. The Hall–Kier alpha value is -0.970. The molecule has 4 heteroatoms. The van der Waals surface area contributed by atoms with Gasteiger partial charge in [0.25, 0.3) is 0 Å². The SMILES string of the molecule is CC(C)N(CCO)CCC(O)c1cccc(F)c1. The van der Waals surface area contributed by atoms with E-state index in [1.165, 1.54) is 12.1 Å². The molecule has 0 radical (unpaired) electrons. The molecule has 1 atom stereocenters. The van der Waals surface area contributed by atoms with E-state index in [0.717, 1.165) is 0 Å². The van der Waals surface area contributed by atoms with Crippen LogP contribution in [-0.2, 0) is 0 Å². The molecule has 1 rings (SSSR count). The molecule has 1 aromatic rings. The van der Waals surface area contributed by atoms with Crippen molar-refractivity contribution in [2.45, 2.75) is 32.4 Å². The van der Waals surface area contributed by atoms with Crippen LogP contribution in [0.15, 0.2) is 24.3 Å². The number of rotatable bonds is 7. The van der Waals surface area contributed by atoms with Crippen LogP contribution in [0.5, 0.6) is 0 Å². The zero-order valence-electron chi connectivity index (χ0n) is 11.0. The molecule has 18 heavy (non-hydrogen) atoms. The van der Waals surface area contributed by atoms with Crippen LogP contribution in [0.2, 0.25) is 0 Å². The Balaban J connectivity index is 2.51. The number of hydrogen-bond acceptors (Lipinski definition) is 3. The number of aliphatic hydroxyl groups excluding tert-OH is 2. The molecule has 0 aliphatic rings. The lowest BCUT2D eigenvalue weighted by atomic mass is 10.1. The summed E-state index contributed by atoms with van der Waals surface area (Å²) in [5.41, 5.74) is 0.600. The third kappa shape index (κ3) is 4.72. The number of benzene rings is 1. The number of hydrogen-bond donors (Lipinski definition) is 2. The summed E-state index contributed by atoms with van der Waals surface area (Å²) in [6, 6.07) is 6.36. The predicted octanol–water partition coefficient (Wildman–Crippen LogP) is 1.95. The number of halogens is 1. The lowest BCUT2D eigenvalue weighted by Crippen LogP contribution is -2.35. The molecule has 1 unspecified atom stereocenters. The Morgan fingerprint density at radius 2 is 2.00 bits per heavy atom. The summed E-state index contributed by atoms with van der Waals surface area (Å²) in [6.07, 6.45) is -0.137. The molecule has 0 fully saturated rings. The third-order valence-electron chi connectivity index (χ3n) is 3.04. The topological polar surface area (TPSA) is 43.7 Å². The summed E-state index contributed by atoms with van der Waals surface area (Å²) in [6.45, 7) is 5.46. The van der Waals surface area contributed by atoms with E-state index in [2.05, 4.69) is 4.90 Å². The van der Waals surface area contributed by atoms with Crippen molar-refractivity contribution in [2.75, 3.05) is 19.7 Å². The van der Waals surface area contributed by atoms with E-state index in [-0.39, 0.29) is 12.4 Å². The van der Waals surface area contributed by atoms with Gasteiger partial charge in [0.05, 0.1) is 12.7 Å². The van der Waals surface area contributed by atoms with Gasteiger partial charge in [0.15, 0.2) is 0 Å². The fourth-order valence-electron chi connectivity index (χ4n) is 1.93. The van der Waals surface area contributed by atoms with Gasteiger partial charge in [-0.05, 0) is 38.0 Å². The monoisotopic (exact) mass is 255 g/mol. The molecule has 0 bridgehead atoms. The molecule has 0 amide bonds. The normalized spacial score (nSPS) is 13.3. The van der Waals surface area contributed by atoms with Crippen LogP contribution in [0.4, 0.5) is 4.39 Å². The van der Waals surface area contributed by atoms with E-state index in [0.29, 0.717) is 31.1 Å². The summed E-state index contributed by atoms with van der Waals surface area (Å²) in [5.74, 6) is -0.331. The maximum absolute atomic E-state index is 13.0. The average molecular weight is 255 g/mol. The van der Waals surface area contributed by atoms with Crippen molar-refractivity contribution in [1.29, 1.82) is 0 Å². The van der Waals surface area contributed by atoms with Gasteiger partial charge in [-0.15, -0.1) is 0 Å². The molecule has 0 saturated carbocycles. The van der Waals surface area contributed by atoms with E-state index in [1.54, 1.807) is 12.1 Å². The standard InChI is InChI=1S/C14H22FNO2/c1-11(2)16(8-9-17)7-6-14(18)12-4-3-5-13(15)10-12/h3-5,10-11,14,17-18H,6-9H2,1-2H3. The van der Waals surface area contributed by atoms with Crippen molar-refractivity contribution in [3.8, 4) is 0 Å². The Morgan fingerprint density at radius 1 is 1.28 bits per heavy atom. The summed E-state index contributed by atoms with van der Waals surface area (Å²) in [4.78, 5) is 2.09. The van der Waals surface area contributed by atoms with E-state index >= 15 is 0 Å². The van der Waals surface area contributed by atoms with Crippen LogP contribution in [-0.4, -0.2) is 40.9 Å². The highest BCUT2D eigenvalue weighted by atomic mass is 19.1. The molecule has 0 aliphatic carbocycles. The second-order valence-corrected chi connectivity index (χ2v) is 4.71. The minimum absolute atomic E-state index is 0.105. The molecule has 102 valence electrons. The van der Waals surface area contributed by atoms with E-state index in [9.17, 15) is 9.50 Å². The van der Waals surface area contributed by atoms with Gasteiger partial charge in [-0.2, -0.15) is 0 Å². The summed E-state index contributed by atoms with van der Waals surface area (Å²) >= 11 is 0. The van der Waals surface area contributed by atoms with E-state index in [1.807, 2.05) is 13.8 Å². The first-order valence-electron chi connectivity index (χ1n) is 6.33. The fraction of sp³-hybridized carbons (Fsp3) is 0.571. The van der Waals surface area contributed by atoms with Crippen molar-refractivity contribution in [2.24, 2.45) is 0 Å². The summed E-state index contributed by atoms with van der Waals surface area (Å²) < 4.78 is 13.0. The second kappa shape index (κ2) is 7.46. The Bertz CT molecular complexity index is 357. The maximum Gasteiger partial charge on any atom is 0.123 e. The molecular formula is C14H22FNO2. The third-order valence-corrected chi connectivity index (χ3v) is 3.04. The smallest absolute Gasteiger partial charge is 0.123 e. The fourth-order valence-corrected chi connectivity index (χ4v) is 1.93. The Kier molecular flexibility index (Phi) is 6.25. The highest BCUT2D eigenvalue weighted by molar-refractivity contribution is 5.18. The lowest BCUT2D eigenvalue weighted by molar-refractivity contribution is 0.116. The predicted molar refractivity (Wildman–Crippen MR) is 69.8 cm³/mol. The first kappa shape index (κ1) is 15.1. The van der Waals surface area contributed by atoms with Crippen LogP contribution >= 0.6 is 0 Å². The van der Waals surface area contributed by atoms with Crippen molar-refractivity contribution < 1.29 is 14.6 Å². The van der Waals surface area contributed by atoms with Gasteiger partial charge < -0.3 is 10.2 Å². The van der Waals surface area contributed by atoms with Crippen LogP contribution in [0.25, 0.3) is 0 Å².